The highest BCUT2D eigenvalue weighted by molar-refractivity contribution is 6.33. The molecule has 0 aliphatic rings. The van der Waals surface area contributed by atoms with Crippen LogP contribution in [-0.4, -0.2) is 18.1 Å². The lowest BCUT2D eigenvalue weighted by Crippen LogP contribution is -2.08. The molecule has 0 amide bonds. The molecular formula is C14H12ClNO3. The standard InChI is InChI=1S/C14H12ClNO3/c1-8-5-10(7-16-13(8)17)9-3-4-11(12(15)6-9)14(18)19-2/h3-7H,1-2H3,(H,16,17). The van der Waals surface area contributed by atoms with Crippen LogP contribution < -0.4 is 5.56 Å². The number of rotatable bonds is 2. The minimum atomic E-state index is -0.478. The molecular weight excluding hydrogens is 266 g/mol. The molecule has 0 unspecified atom stereocenters. The van der Waals surface area contributed by atoms with Crippen molar-refractivity contribution in [1.29, 1.82) is 0 Å². The van der Waals surface area contributed by atoms with Crippen molar-refractivity contribution in [3.05, 3.63) is 57.0 Å². The predicted octanol–water partition coefficient (Wildman–Crippen LogP) is 2.79. The summed E-state index contributed by atoms with van der Waals surface area (Å²) in [6, 6.07) is 6.79. The lowest BCUT2D eigenvalue weighted by Gasteiger charge is -2.06. The Morgan fingerprint density at radius 2 is 2.00 bits per heavy atom. The second-order valence-corrected chi connectivity index (χ2v) is 4.49. The highest BCUT2D eigenvalue weighted by Gasteiger charge is 2.11. The van der Waals surface area contributed by atoms with Crippen molar-refractivity contribution in [2.45, 2.75) is 6.92 Å². The molecule has 0 aliphatic heterocycles. The Morgan fingerprint density at radius 3 is 2.58 bits per heavy atom. The maximum absolute atomic E-state index is 11.4. The molecule has 0 radical (unpaired) electrons. The van der Waals surface area contributed by atoms with E-state index in [1.54, 1.807) is 37.4 Å². The average molecular weight is 278 g/mol. The lowest BCUT2D eigenvalue weighted by atomic mass is 10.0. The van der Waals surface area contributed by atoms with Crippen LogP contribution >= 0.6 is 11.6 Å². The van der Waals surface area contributed by atoms with Gasteiger partial charge in [0.05, 0.1) is 17.7 Å². The van der Waals surface area contributed by atoms with Crippen LogP contribution in [0.25, 0.3) is 11.1 Å². The second kappa shape index (κ2) is 5.28. The molecule has 5 heteroatoms. The molecule has 0 spiro atoms. The summed E-state index contributed by atoms with van der Waals surface area (Å²) in [4.78, 5) is 25.4. The number of aryl methyl sites for hydroxylation is 1. The Bertz CT molecular complexity index is 691. The lowest BCUT2D eigenvalue weighted by molar-refractivity contribution is 0.0601. The van der Waals surface area contributed by atoms with Crippen LogP contribution in [0.2, 0.25) is 5.02 Å². The molecule has 19 heavy (non-hydrogen) atoms. The number of aromatic nitrogens is 1. The quantitative estimate of drug-likeness (QED) is 0.859. The summed E-state index contributed by atoms with van der Waals surface area (Å²) in [6.45, 7) is 1.73. The van der Waals surface area contributed by atoms with E-state index < -0.39 is 5.97 Å². The molecule has 98 valence electrons. The summed E-state index contributed by atoms with van der Waals surface area (Å²) in [6.07, 6.45) is 1.61. The summed E-state index contributed by atoms with van der Waals surface area (Å²) in [5.41, 5.74) is 2.45. The Labute approximate surface area is 115 Å². The van der Waals surface area contributed by atoms with Crippen molar-refractivity contribution in [3.8, 4) is 11.1 Å². The van der Waals surface area contributed by atoms with E-state index in [4.69, 9.17) is 11.6 Å². The molecule has 0 bridgehead atoms. The van der Waals surface area contributed by atoms with Crippen molar-refractivity contribution < 1.29 is 9.53 Å². The molecule has 2 aromatic rings. The highest BCUT2D eigenvalue weighted by atomic mass is 35.5. The van der Waals surface area contributed by atoms with Gasteiger partial charge in [-0.15, -0.1) is 0 Å². The molecule has 0 fully saturated rings. The number of aromatic amines is 1. The van der Waals surface area contributed by atoms with Gasteiger partial charge in [0.15, 0.2) is 0 Å². The van der Waals surface area contributed by atoms with E-state index in [-0.39, 0.29) is 5.56 Å². The van der Waals surface area contributed by atoms with Gasteiger partial charge in [0.25, 0.3) is 5.56 Å². The topological polar surface area (TPSA) is 59.2 Å². The third-order valence-corrected chi connectivity index (χ3v) is 3.11. The SMILES string of the molecule is COC(=O)c1ccc(-c2c[nH]c(=O)c(C)c2)cc1Cl. The second-order valence-electron chi connectivity index (χ2n) is 4.09. The van der Waals surface area contributed by atoms with E-state index in [1.807, 2.05) is 0 Å². The summed E-state index contributed by atoms with van der Waals surface area (Å²) >= 11 is 6.05. The van der Waals surface area contributed by atoms with Crippen molar-refractivity contribution in [3.63, 3.8) is 0 Å². The van der Waals surface area contributed by atoms with Crippen LogP contribution in [0.4, 0.5) is 0 Å². The van der Waals surface area contributed by atoms with E-state index in [0.717, 1.165) is 11.1 Å². The van der Waals surface area contributed by atoms with Crippen LogP contribution in [0, 0.1) is 6.92 Å². The van der Waals surface area contributed by atoms with Crippen LogP contribution in [0.15, 0.2) is 35.3 Å². The molecule has 4 nitrogen and oxygen atoms in total. The third-order valence-electron chi connectivity index (χ3n) is 2.80. The zero-order chi connectivity index (χ0) is 14.0. The third kappa shape index (κ3) is 2.69. The first-order valence-corrected chi connectivity index (χ1v) is 5.98. The zero-order valence-corrected chi connectivity index (χ0v) is 11.2. The first kappa shape index (κ1) is 13.4. The average Bonchev–Trinajstić information content (AvgIpc) is 2.41. The summed E-state index contributed by atoms with van der Waals surface area (Å²) < 4.78 is 4.63. The smallest absolute Gasteiger partial charge is 0.339 e. The Balaban J connectivity index is 2.47. The van der Waals surface area contributed by atoms with Crippen LogP contribution in [0.5, 0.6) is 0 Å². The number of ether oxygens (including phenoxy) is 1. The highest BCUT2D eigenvalue weighted by Crippen LogP contribution is 2.25. The molecule has 0 saturated heterocycles. The summed E-state index contributed by atoms with van der Waals surface area (Å²) in [5, 5.41) is 0.313. The van der Waals surface area contributed by atoms with Gasteiger partial charge in [-0.3, -0.25) is 4.79 Å². The van der Waals surface area contributed by atoms with Gasteiger partial charge in [-0.2, -0.15) is 0 Å². The van der Waals surface area contributed by atoms with E-state index >= 15 is 0 Å². The van der Waals surface area contributed by atoms with Gasteiger partial charge < -0.3 is 9.72 Å². The monoisotopic (exact) mass is 277 g/mol. The maximum atomic E-state index is 11.4. The number of pyridine rings is 1. The van der Waals surface area contributed by atoms with Gasteiger partial charge in [-0.05, 0) is 36.2 Å². The fraction of sp³-hybridized carbons (Fsp3) is 0.143. The fourth-order valence-corrected chi connectivity index (χ4v) is 1.99. The number of halogens is 1. The molecule has 0 aliphatic carbocycles. The molecule has 0 atom stereocenters. The largest absolute Gasteiger partial charge is 0.465 e. The number of benzene rings is 1. The van der Waals surface area contributed by atoms with Crippen molar-refractivity contribution >= 4 is 17.6 Å². The number of hydrogen-bond acceptors (Lipinski definition) is 3. The predicted molar refractivity (Wildman–Crippen MR) is 73.6 cm³/mol. The molecule has 1 heterocycles. The number of hydrogen-bond donors (Lipinski definition) is 1. The Morgan fingerprint density at radius 1 is 1.26 bits per heavy atom. The Hall–Kier alpha value is -2.07. The van der Waals surface area contributed by atoms with Crippen molar-refractivity contribution in [2.24, 2.45) is 0 Å². The number of carbonyl (C=O) groups excluding carboxylic acids is 1. The van der Waals surface area contributed by atoms with Gasteiger partial charge in [-0.1, -0.05) is 17.7 Å². The first-order valence-electron chi connectivity index (χ1n) is 5.60. The Kier molecular flexibility index (Phi) is 3.71. The molecule has 0 saturated carbocycles. The fourth-order valence-electron chi connectivity index (χ4n) is 1.73. The van der Waals surface area contributed by atoms with Crippen LogP contribution in [0.1, 0.15) is 15.9 Å². The minimum absolute atomic E-state index is 0.124. The molecule has 2 rings (SSSR count). The van der Waals surface area contributed by atoms with Crippen molar-refractivity contribution in [1.82, 2.24) is 4.98 Å². The molecule has 1 aromatic carbocycles. The molecule has 1 N–H and O–H groups in total. The van der Waals surface area contributed by atoms with Gasteiger partial charge in [0.2, 0.25) is 0 Å². The summed E-state index contributed by atoms with van der Waals surface area (Å²) in [5.74, 6) is -0.478. The van der Waals surface area contributed by atoms with E-state index in [9.17, 15) is 9.59 Å². The number of nitrogens with one attached hydrogen (secondary N) is 1. The van der Waals surface area contributed by atoms with Crippen LogP contribution in [-0.2, 0) is 4.74 Å². The van der Waals surface area contributed by atoms with E-state index in [1.165, 1.54) is 7.11 Å². The van der Waals surface area contributed by atoms with Gasteiger partial charge in [0.1, 0.15) is 0 Å². The molecule has 1 aromatic heterocycles. The minimum Gasteiger partial charge on any atom is -0.465 e. The van der Waals surface area contributed by atoms with Crippen molar-refractivity contribution in [2.75, 3.05) is 7.11 Å². The number of esters is 1. The van der Waals surface area contributed by atoms with E-state index in [2.05, 4.69) is 9.72 Å². The van der Waals surface area contributed by atoms with Crippen LogP contribution in [0.3, 0.4) is 0 Å². The zero-order valence-electron chi connectivity index (χ0n) is 10.5. The first-order chi connectivity index (χ1) is 9.02. The van der Waals surface area contributed by atoms with Gasteiger partial charge in [0, 0.05) is 11.8 Å². The normalized spacial score (nSPS) is 10.3. The maximum Gasteiger partial charge on any atom is 0.339 e. The summed E-state index contributed by atoms with van der Waals surface area (Å²) in [7, 11) is 1.30. The van der Waals surface area contributed by atoms with Gasteiger partial charge in [-0.25, -0.2) is 4.79 Å². The number of methoxy groups -OCH3 is 1. The van der Waals surface area contributed by atoms with Gasteiger partial charge >= 0.3 is 5.97 Å². The van der Waals surface area contributed by atoms with E-state index in [0.29, 0.717) is 16.1 Å². The number of H-pyrrole nitrogens is 1. The number of carbonyl (C=O) groups is 1.